The van der Waals surface area contributed by atoms with Crippen molar-refractivity contribution >= 4 is 23.0 Å². The van der Waals surface area contributed by atoms with Crippen molar-refractivity contribution in [2.24, 2.45) is 0 Å². The van der Waals surface area contributed by atoms with Crippen LogP contribution in [0.2, 0.25) is 0 Å². The van der Waals surface area contributed by atoms with Crippen molar-refractivity contribution in [1.29, 1.82) is 0 Å². The third-order valence-corrected chi connectivity index (χ3v) is 11.2. The molecule has 2 aliphatic heterocycles. The second kappa shape index (κ2) is 16.3. The lowest BCUT2D eigenvalue weighted by Crippen LogP contribution is -2.42. The van der Waals surface area contributed by atoms with Crippen molar-refractivity contribution < 1.29 is 23.7 Å². The van der Waals surface area contributed by atoms with Gasteiger partial charge in [-0.15, -0.1) is 0 Å². The minimum atomic E-state index is -0.329. The number of aromatic nitrogens is 2. The van der Waals surface area contributed by atoms with Gasteiger partial charge in [0.2, 0.25) is 11.7 Å². The van der Waals surface area contributed by atoms with Crippen molar-refractivity contribution in [3.05, 3.63) is 113 Å². The van der Waals surface area contributed by atoms with Crippen LogP contribution >= 0.6 is 0 Å². The summed E-state index contributed by atoms with van der Waals surface area (Å²) in [6.07, 6.45) is 4.30. The van der Waals surface area contributed by atoms with Crippen LogP contribution in [-0.4, -0.2) is 92.5 Å². The number of imidazole rings is 1. The molecule has 3 heterocycles. The fourth-order valence-electron chi connectivity index (χ4n) is 8.29. The molecule has 0 saturated carbocycles. The number of anilines is 1. The highest BCUT2D eigenvalue weighted by Crippen LogP contribution is 2.41. The molecule has 1 unspecified atom stereocenters. The number of carbonyl (C=O) groups is 1. The van der Waals surface area contributed by atoms with Crippen molar-refractivity contribution in [1.82, 2.24) is 19.4 Å². The van der Waals surface area contributed by atoms with E-state index in [4.69, 9.17) is 23.9 Å². The predicted molar refractivity (Wildman–Crippen MR) is 208 cm³/mol. The molecule has 5 aromatic rings. The molecule has 0 amide bonds. The van der Waals surface area contributed by atoms with E-state index in [1.807, 2.05) is 42.5 Å². The molecule has 1 aromatic heterocycles. The lowest BCUT2D eigenvalue weighted by atomic mass is 9.76. The fraction of sp³-hybridized carbons (Fsp3) is 0.395. The van der Waals surface area contributed by atoms with Crippen molar-refractivity contribution in [2.45, 2.75) is 50.2 Å². The average Bonchev–Trinajstić information content (AvgIpc) is 3.78. The Morgan fingerprint density at radius 3 is 2.23 bits per heavy atom. The highest BCUT2D eigenvalue weighted by Gasteiger charge is 2.40. The number of piperidine rings is 1. The standard InChI is InChI=1S/C43H51N5O5/c1-50-38-26-31(27-39(51-2)40(38)52-3)28-47-25-21-43(30-47,33-13-6-5-7-14-33)20-24-46-22-18-34(19-23-46)44-42-45-36-16-10-11-17-37(36)48(42)29-32-12-8-9-15-35(32)41(49)53-4/h5-17,26-27,34H,18-25,28-30H2,1-4H3,(H,44,45). The molecular formula is C43H51N5O5. The van der Waals surface area contributed by atoms with Gasteiger partial charge >= 0.3 is 5.97 Å². The van der Waals surface area contributed by atoms with Gasteiger partial charge in [-0.2, -0.15) is 0 Å². The van der Waals surface area contributed by atoms with E-state index >= 15 is 0 Å². The number of ether oxygens (including phenoxy) is 4. The zero-order chi connectivity index (χ0) is 36.8. The Hall–Kier alpha value is -5.06. The van der Waals surface area contributed by atoms with Gasteiger partial charge in [0.1, 0.15) is 0 Å². The van der Waals surface area contributed by atoms with Crippen molar-refractivity contribution in [3.63, 3.8) is 0 Å². The van der Waals surface area contributed by atoms with E-state index in [2.05, 4.69) is 68.2 Å². The van der Waals surface area contributed by atoms with E-state index < -0.39 is 0 Å². The van der Waals surface area contributed by atoms with Crippen LogP contribution in [0.25, 0.3) is 11.0 Å². The monoisotopic (exact) mass is 717 g/mol. The number of likely N-dealkylation sites (tertiary alicyclic amines) is 2. The second-order valence-electron chi connectivity index (χ2n) is 14.3. The Balaban J connectivity index is 1.01. The number of hydrogen-bond acceptors (Lipinski definition) is 9. The lowest BCUT2D eigenvalue weighted by molar-refractivity contribution is 0.0599. The highest BCUT2D eigenvalue weighted by molar-refractivity contribution is 5.91. The number of nitrogens with one attached hydrogen (secondary N) is 1. The number of esters is 1. The summed E-state index contributed by atoms with van der Waals surface area (Å²) in [5.41, 5.74) is 6.12. The van der Waals surface area contributed by atoms with Crippen molar-refractivity contribution in [3.8, 4) is 17.2 Å². The third kappa shape index (κ3) is 7.84. The topological polar surface area (TPSA) is 90.3 Å². The molecule has 2 aliphatic rings. The van der Waals surface area contributed by atoms with E-state index in [1.165, 1.54) is 12.7 Å². The second-order valence-corrected chi connectivity index (χ2v) is 14.3. The molecule has 0 radical (unpaired) electrons. The Labute approximate surface area is 312 Å². The molecule has 0 bridgehead atoms. The number of nitrogens with zero attached hydrogens (tertiary/aromatic N) is 4. The molecule has 0 spiro atoms. The Morgan fingerprint density at radius 2 is 1.51 bits per heavy atom. The molecule has 4 aromatic carbocycles. The SMILES string of the molecule is COC(=O)c1ccccc1Cn1c(NC2CCN(CCC3(c4ccccc4)CCN(Cc4cc(OC)c(OC)c(OC)c4)C3)CC2)nc2ccccc21. The minimum Gasteiger partial charge on any atom is -0.493 e. The summed E-state index contributed by atoms with van der Waals surface area (Å²) < 4.78 is 24.1. The van der Waals surface area contributed by atoms with Gasteiger partial charge in [0.15, 0.2) is 11.5 Å². The van der Waals surface area contributed by atoms with E-state index in [1.54, 1.807) is 21.3 Å². The molecule has 2 fully saturated rings. The van der Waals surface area contributed by atoms with E-state index in [-0.39, 0.29) is 11.4 Å². The average molecular weight is 718 g/mol. The highest BCUT2D eigenvalue weighted by atomic mass is 16.5. The molecule has 278 valence electrons. The molecule has 53 heavy (non-hydrogen) atoms. The van der Waals surface area contributed by atoms with Crippen LogP contribution in [0.4, 0.5) is 5.95 Å². The number of benzene rings is 4. The quantitative estimate of drug-likeness (QED) is 0.122. The smallest absolute Gasteiger partial charge is 0.338 e. The first-order valence-electron chi connectivity index (χ1n) is 18.6. The lowest BCUT2D eigenvalue weighted by Gasteiger charge is -2.36. The first-order chi connectivity index (χ1) is 25.9. The maximum absolute atomic E-state index is 12.6. The summed E-state index contributed by atoms with van der Waals surface area (Å²) in [4.78, 5) is 22.8. The zero-order valence-corrected chi connectivity index (χ0v) is 31.3. The summed E-state index contributed by atoms with van der Waals surface area (Å²) in [5.74, 6) is 2.51. The van der Waals surface area contributed by atoms with Gasteiger partial charge in [-0.1, -0.05) is 60.7 Å². The Bertz CT molecular complexity index is 1980. The molecule has 7 rings (SSSR count). The van der Waals surface area contributed by atoms with Gasteiger partial charge in [0.25, 0.3) is 0 Å². The molecular weight excluding hydrogens is 667 g/mol. The van der Waals surface area contributed by atoms with Crippen LogP contribution < -0.4 is 19.5 Å². The van der Waals surface area contributed by atoms with Gasteiger partial charge in [0, 0.05) is 37.6 Å². The van der Waals surface area contributed by atoms with Crippen LogP contribution in [-0.2, 0) is 23.2 Å². The minimum absolute atomic E-state index is 0.0857. The largest absolute Gasteiger partial charge is 0.493 e. The third-order valence-electron chi connectivity index (χ3n) is 11.2. The number of rotatable bonds is 14. The van der Waals surface area contributed by atoms with Gasteiger partial charge in [-0.05, 0) is 85.8 Å². The first-order valence-corrected chi connectivity index (χ1v) is 18.6. The number of methoxy groups -OCH3 is 4. The van der Waals surface area contributed by atoms with Gasteiger partial charge in [-0.25, -0.2) is 9.78 Å². The maximum atomic E-state index is 12.6. The van der Waals surface area contributed by atoms with Crippen LogP contribution in [0, 0.1) is 0 Å². The number of fused-ring (bicyclic) bond motifs is 1. The summed E-state index contributed by atoms with van der Waals surface area (Å²) >= 11 is 0. The zero-order valence-electron chi connectivity index (χ0n) is 31.3. The fourth-order valence-corrected chi connectivity index (χ4v) is 8.29. The molecule has 0 aliphatic carbocycles. The van der Waals surface area contributed by atoms with E-state index in [0.29, 0.717) is 35.4 Å². The number of carbonyl (C=O) groups excluding carboxylic acids is 1. The van der Waals surface area contributed by atoms with Gasteiger partial charge < -0.3 is 33.7 Å². The molecule has 1 atom stereocenters. The first kappa shape index (κ1) is 36.3. The van der Waals surface area contributed by atoms with Crippen LogP contribution in [0.3, 0.4) is 0 Å². The number of hydrogen-bond donors (Lipinski definition) is 1. The van der Waals surface area contributed by atoms with Crippen LogP contribution in [0.15, 0.2) is 91.0 Å². The molecule has 2 saturated heterocycles. The molecule has 1 N–H and O–H groups in total. The van der Waals surface area contributed by atoms with Gasteiger partial charge in [-0.3, -0.25) is 4.90 Å². The molecule has 10 heteroatoms. The number of para-hydroxylation sites is 2. The molecule has 10 nitrogen and oxygen atoms in total. The maximum Gasteiger partial charge on any atom is 0.338 e. The summed E-state index contributed by atoms with van der Waals surface area (Å²) in [6.45, 7) is 6.49. The Kier molecular flexibility index (Phi) is 11.2. The van der Waals surface area contributed by atoms with Crippen molar-refractivity contribution in [2.75, 3.05) is 66.5 Å². The summed E-state index contributed by atoms with van der Waals surface area (Å²) in [6, 6.07) is 31.4. The van der Waals surface area contributed by atoms with E-state index in [0.717, 1.165) is 93.1 Å². The normalized spacial score (nSPS) is 18.3. The Morgan fingerprint density at radius 1 is 0.811 bits per heavy atom. The predicted octanol–water partition coefficient (Wildman–Crippen LogP) is 7.01. The van der Waals surface area contributed by atoms with Crippen LogP contribution in [0.1, 0.15) is 52.7 Å². The van der Waals surface area contributed by atoms with Crippen LogP contribution in [0.5, 0.6) is 17.2 Å². The summed E-state index contributed by atoms with van der Waals surface area (Å²) in [7, 11) is 6.40. The van der Waals surface area contributed by atoms with Gasteiger partial charge in [0.05, 0.1) is 51.6 Å². The van der Waals surface area contributed by atoms with E-state index in [9.17, 15) is 4.79 Å². The summed E-state index contributed by atoms with van der Waals surface area (Å²) in [5, 5.41) is 3.80.